The minimum atomic E-state index is -4.76. The molecule has 0 spiro atoms. The molecule has 0 saturated carbocycles. The predicted molar refractivity (Wildman–Crippen MR) is 100 cm³/mol. The summed E-state index contributed by atoms with van der Waals surface area (Å²) in [5, 5.41) is 14.1. The van der Waals surface area contributed by atoms with Gasteiger partial charge in [-0.2, -0.15) is 0 Å². The fraction of sp³-hybridized carbons (Fsp3) is 0.222. The molecule has 1 aromatic heterocycles. The van der Waals surface area contributed by atoms with Crippen molar-refractivity contribution in [3.05, 3.63) is 60.2 Å². The quantitative estimate of drug-likeness (QED) is 0.583. The van der Waals surface area contributed by atoms with Crippen LogP contribution < -0.4 is 10.1 Å². The number of thioether (sulfide) groups is 1. The van der Waals surface area contributed by atoms with Crippen LogP contribution in [0.3, 0.4) is 0 Å². The Balaban J connectivity index is 1.58. The third kappa shape index (κ3) is 6.21. The molecule has 0 aliphatic rings. The van der Waals surface area contributed by atoms with Crippen molar-refractivity contribution in [2.24, 2.45) is 0 Å². The largest absolute Gasteiger partial charge is 0.573 e. The van der Waals surface area contributed by atoms with Crippen molar-refractivity contribution in [2.45, 2.75) is 30.2 Å². The summed E-state index contributed by atoms with van der Waals surface area (Å²) in [6.07, 6.45) is -4.76. The smallest absolute Gasteiger partial charge is 0.406 e. The molecule has 0 unspecified atom stereocenters. The molecule has 11 heteroatoms. The highest BCUT2D eigenvalue weighted by Gasteiger charge is 2.31. The van der Waals surface area contributed by atoms with Crippen molar-refractivity contribution in [3.63, 3.8) is 0 Å². The van der Waals surface area contributed by atoms with E-state index in [9.17, 15) is 18.0 Å². The van der Waals surface area contributed by atoms with Gasteiger partial charge in [0.1, 0.15) is 5.75 Å². The van der Waals surface area contributed by atoms with E-state index >= 15 is 0 Å². The number of carbonyl (C=O) groups excluding carboxylic acids is 1. The molecular weight excluding hydrogens is 407 g/mol. The Labute approximate surface area is 168 Å². The lowest BCUT2D eigenvalue weighted by atomic mass is 10.2. The van der Waals surface area contributed by atoms with Gasteiger partial charge in [-0.05, 0) is 47.2 Å². The molecule has 0 fully saturated rings. The van der Waals surface area contributed by atoms with Crippen LogP contribution in [0, 0.1) is 0 Å². The maximum absolute atomic E-state index is 12.4. The fourth-order valence-electron chi connectivity index (χ4n) is 2.33. The number of anilines is 1. The number of halogens is 3. The molecule has 2 aromatic carbocycles. The van der Waals surface area contributed by atoms with Gasteiger partial charge < -0.3 is 10.1 Å². The van der Waals surface area contributed by atoms with Crippen molar-refractivity contribution in [1.29, 1.82) is 0 Å². The first-order valence-corrected chi connectivity index (χ1v) is 9.31. The lowest BCUT2D eigenvalue weighted by Gasteiger charge is -2.13. The number of benzene rings is 2. The van der Waals surface area contributed by atoms with Crippen molar-refractivity contribution in [3.8, 4) is 5.75 Å². The Morgan fingerprint density at radius 2 is 1.86 bits per heavy atom. The van der Waals surface area contributed by atoms with Crippen LogP contribution in [0.15, 0.2) is 59.8 Å². The number of ether oxygens (including phenoxy) is 1. The average molecular weight is 423 g/mol. The fourth-order valence-corrected chi connectivity index (χ4v) is 3.12. The van der Waals surface area contributed by atoms with Gasteiger partial charge in [0.2, 0.25) is 11.1 Å². The van der Waals surface area contributed by atoms with Gasteiger partial charge >= 0.3 is 6.36 Å². The summed E-state index contributed by atoms with van der Waals surface area (Å²) in [5.41, 5.74) is 1.36. The number of alkyl halides is 3. The third-order valence-electron chi connectivity index (χ3n) is 3.68. The van der Waals surface area contributed by atoms with E-state index < -0.39 is 11.6 Å². The average Bonchev–Trinajstić information content (AvgIpc) is 3.09. The lowest BCUT2D eigenvalue weighted by molar-refractivity contribution is -0.274. The highest BCUT2D eigenvalue weighted by atomic mass is 32.2. The van der Waals surface area contributed by atoms with E-state index in [0.29, 0.717) is 17.4 Å². The number of aromatic nitrogens is 4. The molecule has 7 nitrogen and oxygen atoms in total. The van der Waals surface area contributed by atoms with Gasteiger partial charge in [-0.1, -0.05) is 42.1 Å². The van der Waals surface area contributed by atoms with Crippen LogP contribution in [-0.2, 0) is 11.3 Å². The number of nitrogens with one attached hydrogen (secondary N) is 1. The van der Waals surface area contributed by atoms with E-state index in [0.717, 1.165) is 17.7 Å². The first kappa shape index (κ1) is 20.6. The summed E-state index contributed by atoms with van der Waals surface area (Å²) < 4.78 is 42.0. The van der Waals surface area contributed by atoms with Crippen LogP contribution in [0.1, 0.15) is 12.5 Å². The molecule has 3 rings (SSSR count). The van der Waals surface area contributed by atoms with E-state index in [-0.39, 0.29) is 11.7 Å². The first-order valence-electron chi connectivity index (χ1n) is 8.43. The summed E-state index contributed by atoms with van der Waals surface area (Å²) >= 11 is 1.18. The van der Waals surface area contributed by atoms with E-state index in [2.05, 4.69) is 25.6 Å². The van der Waals surface area contributed by atoms with Crippen LogP contribution in [-0.4, -0.2) is 37.7 Å². The van der Waals surface area contributed by atoms with Gasteiger partial charge in [0, 0.05) is 5.69 Å². The molecule has 3 aromatic rings. The summed E-state index contributed by atoms with van der Waals surface area (Å²) in [7, 11) is 0. The van der Waals surface area contributed by atoms with Gasteiger partial charge in [-0.15, -0.1) is 18.3 Å². The Hall–Kier alpha value is -3.08. The number of amides is 1. The van der Waals surface area contributed by atoms with Crippen LogP contribution in [0.25, 0.3) is 0 Å². The van der Waals surface area contributed by atoms with E-state index in [1.165, 1.54) is 23.9 Å². The summed E-state index contributed by atoms with van der Waals surface area (Å²) in [6, 6.07) is 14.5. The number of nitrogens with zero attached hydrogens (tertiary/aromatic N) is 4. The Morgan fingerprint density at radius 3 is 2.52 bits per heavy atom. The summed E-state index contributed by atoms with van der Waals surface area (Å²) in [6.45, 7) is 2.15. The van der Waals surface area contributed by atoms with Gasteiger partial charge in [-0.3, -0.25) is 4.79 Å². The monoisotopic (exact) mass is 423 g/mol. The Kier molecular flexibility index (Phi) is 6.37. The highest BCUT2D eigenvalue weighted by molar-refractivity contribution is 8.00. The zero-order valence-electron chi connectivity index (χ0n) is 15.1. The first-order chi connectivity index (χ1) is 13.8. The topological polar surface area (TPSA) is 81.9 Å². The third-order valence-corrected chi connectivity index (χ3v) is 4.75. The number of hydrogen-bond acceptors (Lipinski definition) is 6. The minimum absolute atomic E-state index is 0.339. The van der Waals surface area contributed by atoms with Crippen LogP contribution in [0.5, 0.6) is 5.75 Å². The summed E-state index contributed by atoms with van der Waals surface area (Å²) in [4.78, 5) is 12.4. The zero-order chi connectivity index (χ0) is 20.9. The van der Waals surface area contributed by atoms with Crippen molar-refractivity contribution < 1.29 is 22.7 Å². The molecular formula is C18H16F3N5O2S. The minimum Gasteiger partial charge on any atom is -0.406 e. The van der Waals surface area contributed by atoms with Gasteiger partial charge in [0.15, 0.2) is 0 Å². The molecule has 0 radical (unpaired) electrons. The SMILES string of the molecule is C[C@@H](Sc1nnnn1Cc1ccccc1)C(=O)Nc1ccc(OC(F)(F)F)cc1. The van der Waals surface area contributed by atoms with Gasteiger partial charge in [-0.25, -0.2) is 4.68 Å². The maximum Gasteiger partial charge on any atom is 0.573 e. The Morgan fingerprint density at radius 1 is 1.17 bits per heavy atom. The van der Waals surface area contributed by atoms with Gasteiger partial charge in [0.05, 0.1) is 11.8 Å². The molecule has 0 aliphatic heterocycles. The molecule has 152 valence electrons. The number of rotatable bonds is 7. The van der Waals surface area contributed by atoms with E-state index in [4.69, 9.17) is 0 Å². The summed E-state index contributed by atoms with van der Waals surface area (Å²) in [5.74, 6) is -0.702. The second kappa shape index (κ2) is 8.95. The van der Waals surface area contributed by atoms with E-state index in [1.54, 1.807) is 11.6 Å². The van der Waals surface area contributed by atoms with Crippen molar-refractivity contribution >= 4 is 23.4 Å². The van der Waals surface area contributed by atoms with Crippen LogP contribution in [0.4, 0.5) is 18.9 Å². The molecule has 1 heterocycles. The standard InChI is InChI=1S/C18H16F3N5O2S/c1-12(16(27)22-14-7-9-15(10-8-14)28-18(19,20)21)29-17-23-24-25-26(17)11-13-5-3-2-4-6-13/h2-10,12H,11H2,1H3,(H,22,27)/t12-/m1/s1. The molecule has 29 heavy (non-hydrogen) atoms. The number of tetrazole rings is 1. The molecule has 0 saturated heterocycles. The molecule has 0 aliphatic carbocycles. The van der Waals surface area contributed by atoms with Crippen molar-refractivity contribution in [1.82, 2.24) is 20.2 Å². The second-order valence-electron chi connectivity index (χ2n) is 5.93. The van der Waals surface area contributed by atoms with E-state index in [1.807, 2.05) is 30.3 Å². The molecule has 1 N–H and O–H groups in total. The normalized spacial score (nSPS) is 12.4. The number of hydrogen-bond donors (Lipinski definition) is 1. The molecule has 1 atom stereocenters. The van der Waals surface area contributed by atoms with Crippen LogP contribution in [0.2, 0.25) is 0 Å². The van der Waals surface area contributed by atoms with Crippen molar-refractivity contribution in [2.75, 3.05) is 5.32 Å². The predicted octanol–water partition coefficient (Wildman–Crippen LogP) is 3.74. The second-order valence-corrected chi connectivity index (χ2v) is 7.23. The Bertz CT molecular complexity index is 948. The maximum atomic E-state index is 12.4. The zero-order valence-corrected chi connectivity index (χ0v) is 15.9. The highest BCUT2D eigenvalue weighted by Crippen LogP contribution is 2.25. The molecule has 0 bridgehead atoms. The molecule has 1 amide bonds. The van der Waals surface area contributed by atoms with Crippen LogP contribution >= 0.6 is 11.8 Å². The number of carbonyl (C=O) groups is 1. The van der Waals surface area contributed by atoms with Gasteiger partial charge in [0.25, 0.3) is 0 Å². The lowest BCUT2D eigenvalue weighted by Crippen LogP contribution is -2.23.